The number of nitrogens with zero attached hydrogens (tertiary/aromatic N) is 2. The maximum absolute atomic E-state index is 8.69. The van der Waals surface area contributed by atoms with Gasteiger partial charge in [0.25, 0.3) is 0 Å². The Morgan fingerprint density at radius 3 is 2.94 bits per heavy atom. The molecule has 0 N–H and O–H groups in total. The first-order valence-electron chi connectivity index (χ1n) is 5.36. The van der Waals surface area contributed by atoms with Gasteiger partial charge in [0.1, 0.15) is 5.60 Å². The van der Waals surface area contributed by atoms with Crippen LogP contribution in [-0.4, -0.2) is 5.90 Å². The van der Waals surface area contributed by atoms with Crippen molar-refractivity contribution < 1.29 is 4.74 Å². The highest BCUT2D eigenvalue weighted by molar-refractivity contribution is 5.80. The van der Waals surface area contributed by atoms with E-state index >= 15 is 0 Å². The Morgan fingerprint density at radius 2 is 2.19 bits per heavy atom. The van der Waals surface area contributed by atoms with Gasteiger partial charge in [0.2, 0.25) is 0 Å². The molecule has 0 radical (unpaired) electrons. The summed E-state index contributed by atoms with van der Waals surface area (Å²) in [6.07, 6.45) is 1.17. The zero-order chi connectivity index (χ0) is 11.6. The van der Waals surface area contributed by atoms with Crippen LogP contribution in [0.15, 0.2) is 29.3 Å². The molecule has 82 valence electrons. The number of para-hydroxylation sites is 1. The van der Waals surface area contributed by atoms with Gasteiger partial charge in [-0.05, 0) is 13.0 Å². The zero-order valence-electron chi connectivity index (χ0n) is 9.53. The summed E-state index contributed by atoms with van der Waals surface area (Å²) in [7, 11) is 0. The molecule has 0 saturated carbocycles. The van der Waals surface area contributed by atoms with Crippen LogP contribution in [0.25, 0.3) is 0 Å². The van der Waals surface area contributed by atoms with E-state index in [2.05, 4.69) is 11.1 Å². The Kier molecular flexibility index (Phi) is 2.66. The van der Waals surface area contributed by atoms with Gasteiger partial charge >= 0.3 is 0 Å². The Balaban J connectivity index is 2.43. The summed E-state index contributed by atoms with van der Waals surface area (Å²) >= 11 is 0. The van der Waals surface area contributed by atoms with E-state index in [9.17, 15) is 0 Å². The molecule has 0 aliphatic carbocycles. The first kappa shape index (κ1) is 10.7. The van der Waals surface area contributed by atoms with Crippen LogP contribution in [0.5, 0.6) is 0 Å². The summed E-state index contributed by atoms with van der Waals surface area (Å²) < 4.78 is 5.80. The van der Waals surface area contributed by atoms with Crippen molar-refractivity contribution in [2.24, 2.45) is 4.99 Å². The van der Waals surface area contributed by atoms with Crippen molar-refractivity contribution in [3.05, 3.63) is 29.8 Å². The maximum Gasteiger partial charge on any atom is 0.186 e. The highest BCUT2D eigenvalue weighted by atomic mass is 16.5. The molecule has 0 saturated heterocycles. The van der Waals surface area contributed by atoms with Crippen LogP contribution >= 0.6 is 0 Å². The Morgan fingerprint density at radius 1 is 1.44 bits per heavy atom. The minimum Gasteiger partial charge on any atom is -0.470 e. The standard InChI is InChI=1S/C13H14N2O/c1-10-15-12-7-4-3-6-11(12)13(2,16-10)8-5-9-14/h3-4,6-7H,5,8H2,1-2H3. The molecule has 0 spiro atoms. The van der Waals surface area contributed by atoms with Crippen molar-refractivity contribution in [2.45, 2.75) is 32.3 Å². The molecule has 1 heterocycles. The molecule has 0 amide bonds. The monoisotopic (exact) mass is 214 g/mol. The number of aliphatic imine (C=N–C) groups is 1. The summed E-state index contributed by atoms with van der Waals surface area (Å²) in [5.74, 6) is 0.666. The molecule has 1 aliphatic heterocycles. The number of hydrogen-bond donors (Lipinski definition) is 0. The highest BCUT2D eigenvalue weighted by Crippen LogP contribution is 2.40. The lowest BCUT2D eigenvalue weighted by molar-refractivity contribution is 0.0601. The third-order valence-corrected chi connectivity index (χ3v) is 2.84. The normalized spacial score (nSPS) is 22.7. The largest absolute Gasteiger partial charge is 0.470 e. The number of fused-ring (bicyclic) bond motifs is 1. The van der Waals surface area contributed by atoms with Crippen LogP contribution in [0.3, 0.4) is 0 Å². The minimum atomic E-state index is -0.418. The van der Waals surface area contributed by atoms with Gasteiger partial charge in [-0.1, -0.05) is 18.2 Å². The van der Waals surface area contributed by atoms with E-state index in [1.54, 1.807) is 0 Å². The summed E-state index contributed by atoms with van der Waals surface area (Å²) in [5.41, 5.74) is 1.60. The SMILES string of the molecule is CC1=Nc2ccccc2C(C)(CCC#N)O1. The van der Waals surface area contributed by atoms with Crippen LogP contribution < -0.4 is 0 Å². The fraction of sp³-hybridized carbons (Fsp3) is 0.385. The molecule has 1 aromatic carbocycles. The van der Waals surface area contributed by atoms with Gasteiger partial charge in [0.05, 0.1) is 11.8 Å². The average Bonchev–Trinajstić information content (AvgIpc) is 2.26. The van der Waals surface area contributed by atoms with Crippen molar-refractivity contribution in [3.63, 3.8) is 0 Å². The van der Waals surface area contributed by atoms with Crippen LogP contribution in [0, 0.1) is 11.3 Å². The van der Waals surface area contributed by atoms with Crippen LogP contribution in [0.2, 0.25) is 0 Å². The van der Waals surface area contributed by atoms with E-state index in [0.717, 1.165) is 11.3 Å². The smallest absolute Gasteiger partial charge is 0.186 e. The van der Waals surface area contributed by atoms with Gasteiger partial charge in [0.15, 0.2) is 5.90 Å². The molecule has 0 aromatic heterocycles. The predicted molar refractivity (Wildman–Crippen MR) is 62.5 cm³/mol. The lowest BCUT2D eigenvalue weighted by Gasteiger charge is -2.34. The third-order valence-electron chi connectivity index (χ3n) is 2.84. The second-order valence-electron chi connectivity index (χ2n) is 4.14. The van der Waals surface area contributed by atoms with Gasteiger partial charge in [-0.25, -0.2) is 4.99 Å². The quantitative estimate of drug-likeness (QED) is 0.758. The fourth-order valence-electron chi connectivity index (χ4n) is 2.07. The van der Waals surface area contributed by atoms with Crippen molar-refractivity contribution in [1.29, 1.82) is 5.26 Å². The van der Waals surface area contributed by atoms with E-state index < -0.39 is 5.60 Å². The third kappa shape index (κ3) is 1.79. The Labute approximate surface area is 95.4 Å². The van der Waals surface area contributed by atoms with Gasteiger partial charge in [-0.3, -0.25) is 0 Å². The number of nitriles is 1. The van der Waals surface area contributed by atoms with Crippen molar-refractivity contribution in [1.82, 2.24) is 0 Å². The van der Waals surface area contributed by atoms with Crippen LogP contribution in [-0.2, 0) is 10.3 Å². The van der Waals surface area contributed by atoms with Gasteiger partial charge in [0, 0.05) is 25.3 Å². The fourth-order valence-corrected chi connectivity index (χ4v) is 2.07. The van der Waals surface area contributed by atoms with Crippen LogP contribution in [0.4, 0.5) is 5.69 Å². The molecule has 16 heavy (non-hydrogen) atoms. The highest BCUT2D eigenvalue weighted by Gasteiger charge is 2.34. The lowest BCUT2D eigenvalue weighted by Crippen LogP contribution is -2.30. The molecule has 1 aliphatic rings. The van der Waals surface area contributed by atoms with Gasteiger partial charge < -0.3 is 4.74 Å². The topological polar surface area (TPSA) is 45.4 Å². The minimum absolute atomic E-state index is 0.418. The Hall–Kier alpha value is -1.82. The lowest BCUT2D eigenvalue weighted by atomic mass is 9.89. The summed E-state index contributed by atoms with van der Waals surface area (Å²) in [4.78, 5) is 4.36. The van der Waals surface area contributed by atoms with E-state index in [0.29, 0.717) is 18.7 Å². The van der Waals surface area contributed by atoms with E-state index in [1.807, 2.05) is 38.1 Å². The number of hydrogen-bond acceptors (Lipinski definition) is 3. The first-order valence-corrected chi connectivity index (χ1v) is 5.36. The predicted octanol–water partition coefficient (Wildman–Crippen LogP) is 3.29. The van der Waals surface area contributed by atoms with Crippen molar-refractivity contribution in [2.75, 3.05) is 0 Å². The van der Waals surface area contributed by atoms with E-state index in [4.69, 9.17) is 10.00 Å². The molecule has 3 nitrogen and oxygen atoms in total. The second-order valence-corrected chi connectivity index (χ2v) is 4.14. The van der Waals surface area contributed by atoms with E-state index in [1.165, 1.54) is 0 Å². The molecule has 1 atom stereocenters. The van der Waals surface area contributed by atoms with Gasteiger partial charge in [-0.2, -0.15) is 5.26 Å². The summed E-state index contributed by atoms with van der Waals surface area (Å²) in [6.45, 7) is 3.86. The van der Waals surface area contributed by atoms with Crippen LogP contribution in [0.1, 0.15) is 32.3 Å². The molecule has 0 fully saturated rings. The van der Waals surface area contributed by atoms with Crippen molar-refractivity contribution in [3.8, 4) is 6.07 Å². The zero-order valence-corrected chi connectivity index (χ0v) is 9.53. The van der Waals surface area contributed by atoms with Crippen molar-refractivity contribution >= 4 is 11.6 Å². The molecule has 0 bridgehead atoms. The Bertz CT molecular complexity index is 473. The van der Waals surface area contributed by atoms with E-state index in [-0.39, 0.29) is 0 Å². The molecule has 1 unspecified atom stereocenters. The molecular formula is C13H14N2O. The number of benzene rings is 1. The summed E-state index contributed by atoms with van der Waals surface area (Å²) in [6, 6.07) is 10.1. The first-order chi connectivity index (χ1) is 7.65. The summed E-state index contributed by atoms with van der Waals surface area (Å²) in [5, 5.41) is 8.69. The molecule has 2 rings (SSSR count). The molecular weight excluding hydrogens is 200 g/mol. The number of rotatable bonds is 2. The maximum atomic E-state index is 8.69. The van der Waals surface area contributed by atoms with Gasteiger partial charge in [-0.15, -0.1) is 0 Å². The molecule has 3 heteroatoms. The number of ether oxygens (including phenoxy) is 1. The average molecular weight is 214 g/mol. The second kappa shape index (κ2) is 3.97. The molecule has 1 aromatic rings.